The zero-order chi connectivity index (χ0) is 86.0. The predicted octanol–water partition coefficient (Wildman–Crippen LogP) is 18.4. The Labute approximate surface area is 510 Å². The van der Waals surface area contributed by atoms with Crippen molar-refractivity contribution in [1.82, 2.24) is 14.1 Å². The highest BCUT2D eigenvalue weighted by Gasteiger charge is 2.40. The SMILES string of the molecule is [2H]c1c([2H])c2c(c([2H])c1-c1cccc(-c3c([2H])c([2H])c4c(c3[2H])C(C([2H])([2H])[2H])(C([2H])([2H])[2H])C([2H])([2H])C([2H])([2H])C4(C([2H])([2H])[2H])C([2H])([2H])[2H])c1-[n+]1[c-]n(-c3cccc(Oc4ccc5c6ccccc6n(-c6cc7c(cn6)C(C)(C)CCC7(C)C)c5c4)c3)c3ccccc31)C(C([2H])([2H])[2H])(C([2H])([2H])[2H])C([2H])([2H])C([2H])([2H])C2(C([2H])([2H])[2H])C([2H])([2H])[2H]. The minimum Gasteiger partial charge on any atom is -0.458 e. The molecule has 0 N–H and O–H groups in total. The van der Waals surface area contributed by atoms with Gasteiger partial charge >= 0.3 is 0 Å². The van der Waals surface area contributed by atoms with Crippen LogP contribution in [0, 0.1) is 6.33 Å². The van der Waals surface area contributed by atoms with Crippen molar-refractivity contribution in [3.63, 3.8) is 0 Å². The van der Waals surface area contributed by atoms with Crippen LogP contribution in [0.15, 0.2) is 158 Å². The summed E-state index contributed by atoms with van der Waals surface area (Å²) in [6, 6.07) is 19.6. The Kier molecular flexibility index (Phi) is 5.12. The molecular weight excluding hydrogens is 937 g/mol. The number of imidazole rings is 1. The quantitative estimate of drug-likeness (QED) is 0.118. The van der Waals surface area contributed by atoms with E-state index in [9.17, 15) is 19.2 Å². The first-order valence-corrected chi connectivity index (χ1v) is 24.9. The molecule has 0 saturated heterocycles. The Morgan fingerprint density at radius 1 is 0.532 bits per heavy atom. The van der Waals surface area contributed by atoms with Gasteiger partial charge in [0, 0.05) is 66.9 Å². The molecule has 0 unspecified atom stereocenters. The van der Waals surface area contributed by atoms with Crippen LogP contribution in [0.1, 0.15) is 206 Å². The largest absolute Gasteiger partial charge is 0.458 e. The Morgan fingerprint density at radius 3 is 1.74 bits per heavy atom. The molecule has 3 aliphatic carbocycles. The molecule has 388 valence electrons. The fourth-order valence-corrected chi connectivity index (χ4v) is 11.1. The summed E-state index contributed by atoms with van der Waals surface area (Å²) in [5.74, 6) is 1.08. The van der Waals surface area contributed by atoms with Crippen molar-refractivity contribution in [1.29, 1.82) is 0 Å². The van der Waals surface area contributed by atoms with Crippen LogP contribution in [0.25, 0.3) is 72.3 Å². The lowest BCUT2D eigenvalue weighted by Gasteiger charge is -2.42. The minimum absolute atomic E-state index is 0.0573. The number of rotatable bonds is 7. The number of para-hydroxylation sites is 4. The number of hydrogen-bond donors (Lipinski definition) is 0. The third-order valence-electron chi connectivity index (χ3n) is 15.3. The van der Waals surface area contributed by atoms with Crippen LogP contribution < -0.4 is 9.30 Å². The van der Waals surface area contributed by atoms with Gasteiger partial charge in [0.15, 0.2) is 0 Å². The van der Waals surface area contributed by atoms with Crippen LogP contribution in [0.4, 0.5) is 0 Å². The molecular formula is C72H74N4O. The number of ether oxygens (including phenoxy) is 1. The second-order valence-electron chi connectivity index (χ2n) is 21.4. The first-order chi connectivity index (χ1) is 52.2. The first kappa shape index (κ1) is 23.0. The number of nitrogens with zero attached hydrogens (tertiary/aromatic N) is 4. The van der Waals surface area contributed by atoms with Crippen LogP contribution in [-0.2, 0) is 32.5 Å². The van der Waals surface area contributed by atoms with Crippen molar-refractivity contribution in [2.45, 2.75) is 153 Å². The molecule has 0 spiro atoms. The summed E-state index contributed by atoms with van der Waals surface area (Å²) in [4.78, 5) is 5.07. The molecule has 3 aromatic heterocycles. The normalized spacial score (nSPS) is 29.6. The summed E-state index contributed by atoms with van der Waals surface area (Å²) >= 11 is 0. The zero-order valence-corrected chi connectivity index (χ0v) is 42.2. The molecule has 3 heterocycles. The molecule has 0 fully saturated rings. The third kappa shape index (κ3) is 8.00. The molecule has 0 bridgehead atoms. The van der Waals surface area contributed by atoms with Crippen molar-refractivity contribution in [3.8, 4) is 50.9 Å². The molecule has 3 aliphatic rings. The highest BCUT2D eigenvalue weighted by atomic mass is 16.5. The Morgan fingerprint density at radius 2 is 1.09 bits per heavy atom. The standard InChI is InChI=1S/C72H74N4O/c1-67(2)33-35-69(5,6)57-39-46(27-31-55(57)67)51-22-18-23-52(47-28-32-56-58(40-47)70(7,8)36-34-68(56,3)4)66(51)75-45-74(62-25-15-16-26-63(62)75)48-19-17-20-49(41-48)77-50-29-30-54-53-21-13-14-24-61(53)76(64(54)42-50)65-43-59-60(44-73-65)72(11,12)38-37-71(59,9)10/h13-32,39-44H,33-38H2,1-12H3/i1D3,2D3,3D3,4D3,5D3,6D3,7D3,8D3,27D,28D,31D,32D,33D2,34D2,35D2,36D2,39D,40D. The average molecular weight is 1050 g/mol. The van der Waals surface area contributed by atoms with Crippen molar-refractivity contribution in [2.24, 2.45) is 0 Å². The Bertz CT molecular complexity index is 5480. The smallest absolute Gasteiger partial charge is 0.269 e. The summed E-state index contributed by atoms with van der Waals surface area (Å²) < 4.78 is 364. The number of aromatic nitrogens is 4. The maximum Gasteiger partial charge on any atom is 0.269 e. The number of benzene rings is 7. The Balaban J connectivity index is 1.16. The van der Waals surface area contributed by atoms with Gasteiger partial charge < -0.3 is 4.74 Å². The van der Waals surface area contributed by atoms with E-state index in [1.165, 1.54) is 41.0 Å². The van der Waals surface area contributed by atoms with Gasteiger partial charge in [-0.2, -0.15) is 0 Å². The first-order valence-electron chi connectivity index (χ1n) is 43.9. The maximum atomic E-state index is 10.4. The molecule has 10 aromatic rings. The lowest BCUT2D eigenvalue weighted by Crippen LogP contribution is -2.34. The molecule has 7 aromatic carbocycles. The molecule has 13 rings (SSSR count). The molecule has 0 amide bonds. The van der Waals surface area contributed by atoms with E-state index >= 15 is 0 Å². The topological polar surface area (TPSA) is 35.9 Å². The molecule has 0 saturated carbocycles. The van der Waals surface area contributed by atoms with Crippen LogP contribution >= 0.6 is 0 Å². The predicted molar refractivity (Wildman–Crippen MR) is 319 cm³/mol. The van der Waals surface area contributed by atoms with Gasteiger partial charge in [-0.3, -0.25) is 13.7 Å². The average Bonchev–Trinajstić information content (AvgIpc) is 0.905. The second-order valence-corrected chi connectivity index (χ2v) is 21.4. The highest BCUT2D eigenvalue weighted by Crippen LogP contribution is 2.51. The van der Waals surface area contributed by atoms with E-state index in [1.807, 2.05) is 47.2 Å². The number of pyridine rings is 1. The summed E-state index contributed by atoms with van der Waals surface area (Å²) in [7, 11) is 0. The monoisotopic (exact) mass is 1050 g/mol. The van der Waals surface area contributed by atoms with Gasteiger partial charge in [-0.25, -0.2) is 4.98 Å². The van der Waals surface area contributed by atoms with Crippen LogP contribution in [0.3, 0.4) is 0 Å². The van der Waals surface area contributed by atoms with E-state index in [0.717, 1.165) is 63.0 Å². The van der Waals surface area contributed by atoms with E-state index in [4.69, 9.17) is 42.6 Å². The molecule has 0 atom stereocenters. The van der Waals surface area contributed by atoms with Gasteiger partial charge in [0.2, 0.25) is 0 Å². The second kappa shape index (κ2) is 17.1. The van der Waals surface area contributed by atoms with E-state index in [1.54, 1.807) is 18.2 Å². The van der Waals surface area contributed by atoms with Crippen molar-refractivity contribution >= 4 is 32.8 Å². The van der Waals surface area contributed by atoms with Crippen LogP contribution in [0.5, 0.6) is 11.5 Å². The van der Waals surface area contributed by atoms with E-state index < -0.39 is 188 Å². The van der Waals surface area contributed by atoms with Crippen molar-refractivity contribution in [3.05, 3.63) is 197 Å². The summed E-state index contributed by atoms with van der Waals surface area (Å²) in [6.07, 6.45) is -12.4. The number of hydrogen-bond acceptors (Lipinski definition) is 2. The minimum atomic E-state index is -4.85. The fraction of sp³-hybridized carbons (Fsp3) is 0.333. The molecule has 0 radical (unpaired) electrons. The lowest BCUT2D eigenvalue weighted by atomic mass is 9.62. The maximum absolute atomic E-state index is 10.4. The van der Waals surface area contributed by atoms with Crippen molar-refractivity contribution < 1.29 is 61.4 Å². The summed E-state index contributed by atoms with van der Waals surface area (Å²) in [5.41, 5.74) is -28.0. The Hall–Kier alpha value is -7.24. The van der Waals surface area contributed by atoms with Gasteiger partial charge in [0.1, 0.15) is 17.3 Å². The van der Waals surface area contributed by atoms with Gasteiger partial charge in [-0.05, 0) is 169 Å². The van der Waals surface area contributed by atoms with Gasteiger partial charge in [0.05, 0.1) is 41.7 Å². The van der Waals surface area contributed by atoms with Crippen LogP contribution in [-0.4, -0.2) is 14.1 Å². The zero-order valence-electron chi connectivity index (χ0n) is 80.2. The van der Waals surface area contributed by atoms with E-state index in [2.05, 4.69) is 40.1 Å². The van der Waals surface area contributed by atoms with Gasteiger partial charge in [-0.1, -0.05) is 185 Å². The summed E-state index contributed by atoms with van der Waals surface area (Å²) in [5, 5.41) is 1.74. The highest BCUT2D eigenvalue weighted by molar-refractivity contribution is 6.09. The van der Waals surface area contributed by atoms with Gasteiger partial charge in [-0.15, -0.1) is 0 Å². The van der Waals surface area contributed by atoms with Crippen LogP contribution in [0.2, 0.25) is 0 Å². The molecule has 77 heavy (non-hydrogen) atoms. The fourth-order valence-electron chi connectivity index (χ4n) is 11.1. The van der Waals surface area contributed by atoms with E-state index in [0.29, 0.717) is 17.1 Å². The third-order valence-corrected chi connectivity index (χ3v) is 15.3. The number of fused-ring (bicyclic) bond motifs is 7. The van der Waals surface area contributed by atoms with E-state index in [-0.39, 0.29) is 33.3 Å². The molecule has 0 aliphatic heterocycles. The molecule has 5 nitrogen and oxygen atoms in total. The van der Waals surface area contributed by atoms with Crippen molar-refractivity contribution in [2.75, 3.05) is 0 Å². The molecule has 5 heteroatoms. The van der Waals surface area contributed by atoms with Gasteiger partial charge in [0.25, 0.3) is 6.33 Å². The lowest BCUT2D eigenvalue weighted by molar-refractivity contribution is -0.571. The summed E-state index contributed by atoms with van der Waals surface area (Å²) in [6.45, 7) is -27.6.